The van der Waals surface area contributed by atoms with Crippen LogP contribution in [-0.2, 0) is 11.3 Å². The predicted molar refractivity (Wildman–Crippen MR) is 75.5 cm³/mol. The minimum Gasteiger partial charge on any atom is -0.445 e. The number of benzene rings is 1. The van der Waals surface area contributed by atoms with E-state index in [1.807, 2.05) is 18.2 Å². The number of aliphatic hydroxyl groups is 1. The number of hydrogen-bond acceptors (Lipinski definition) is 3. The fourth-order valence-corrected chi connectivity index (χ4v) is 3.55. The Balaban J connectivity index is 1.65. The number of ether oxygens (including phenoxy) is 1. The molecular formula is C16H18F3NO3. The molecule has 126 valence electrons. The van der Waals surface area contributed by atoms with E-state index < -0.39 is 42.8 Å². The van der Waals surface area contributed by atoms with Gasteiger partial charge in [0.25, 0.3) is 0 Å². The van der Waals surface area contributed by atoms with Crippen molar-refractivity contribution in [1.29, 1.82) is 0 Å². The summed E-state index contributed by atoms with van der Waals surface area (Å²) >= 11 is 0. The maximum Gasteiger partial charge on any atom is 0.417 e. The van der Waals surface area contributed by atoms with Crippen LogP contribution in [-0.4, -0.2) is 40.0 Å². The molecule has 2 bridgehead atoms. The van der Waals surface area contributed by atoms with E-state index in [1.165, 1.54) is 4.90 Å². The number of carbonyl (C=O) groups excluding carboxylic acids is 1. The molecule has 2 saturated heterocycles. The third-order valence-electron chi connectivity index (χ3n) is 4.71. The van der Waals surface area contributed by atoms with Gasteiger partial charge in [-0.3, -0.25) is 0 Å². The van der Waals surface area contributed by atoms with Gasteiger partial charge in [0.15, 0.2) is 5.60 Å². The van der Waals surface area contributed by atoms with E-state index in [1.54, 1.807) is 12.1 Å². The molecule has 1 unspecified atom stereocenters. The molecular weight excluding hydrogens is 311 g/mol. The maximum atomic E-state index is 13.0. The van der Waals surface area contributed by atoms with Crippen LogP contribution in [0.3, 0.4) is 0 Å². The minimum atomic E-state index is -4.67. The zero-order chi connectivity index (χ0) is 16.7. The number of rotatable bonds is 2. The number of hydrogen-bond donors (Lipinski definition) is 1. The van der Waals surface area contributed by atoms with Crippen molar-refractivity contribution in [3.63, 3.8) is 0 Å². The first kappa shape index (κ1) is 16.1. The van der Waals surface area contributed by atoms with Crippen molar-refractivity contribution in [3.05, 3.63) is 35.9 Å². The SMILES string of the molecule is O=C(OCc1ccccc1)N1[C@@H]2CC[C@H]1CC(O)(C(F)(F)F)C2. The van der Waals surface area contributed by atoms with E-state index in [-0.39, 0.29) is 6.61 Å². The van der Waals surface area contributed by atoms with Gasteiger partial charge in [-0.05, 0) is 18.4 Å². The number of carbonyl (C=O) groups is 1. The highest BCUT2D eigenvalue weighted by Gasteiger charge is 2.61. The van der Waals surface area contributed by atoms with E-state index in [9.17, 15) is 23.1 Å². The quantitative estimate of drug-likeness (QED) is 0.906. The molecule has 0 radical (unpaired) electrons. The maximum absolute atomic E-state index is 13.0. The van der Waals surface area contributed by atoms with Gasteiger partial charge in [0.1, 0.15) is 6.61 Å². The fourth-order valence-electron chi connectivity index (χ4n) is 3.55. The molecule has 1 amide bonds. The van der Waals surface area contributed by atoms with Crippen LogP contribution in [0.5, 0.6) is 0 Å². The van der Waals surface area contributed by atoms with Crippen LogP contribution in [0.15, 0.2) is 30.3 Å². The number of fused-ring (bicyclic) bond motifs is 2. The van der Waals surface area contributed by atoms with E-state index in [2.05, 4.69) is 0 Å². The molecule has 1 aromatic carbocycles. The first-order chi connectivity index (χ1) is 10.8. The molecule has 4 nitrogen and oxygen atoms in total. The van der Waals surface area contributed by atoms with Gasteiger partial charge < -0.3 is 14.7 Å². The second-order valence-corrected chi connectivity index (χ2v) is 6.27. The van der Waals surface area contributed by atoms with Crippen LogP contribution in [0.1, 0.15) is 31.2 Å². The molecule has 2 heterocycles. The Morgan fingerprint density at radius 3 is 2.30 bits per heavy atom. The zero-order valence-electron chi connectivity index (χ0n) is 12.4. The first-order valence-electron chi connectivity index (χ1n) is 7.58. The standard InChI is InChI=1S/C16H18F3NO3/c17-16(18,19)15(22)8-12-6-7-13(9-15)20(12)14(21)23-10-11-4-2-1-3-5-11/h1-5,12-13,22H,6-10H2/t12-,13+,15?. The van der Waals surface area contributed by atoms with Gasteiger partial charge in [-0.15, -0.1) is 0 Å². The number of nitrogens with zero attached hydrogens (tertiary/aromatic N) is 1. The summed E-state index contributed by atoms with van der Waals surface area (Å²) in [5, 5.41) is 9.89. The lowest BCUT2D eigenvalue weighted by Crippen LogP contribution is -2.59. The molecule has 2 fully saturated rings. The van der Waals surface area contributed by atoms with Gasteiger partial charge in [0.2, 0.25) is 0 Å². The zero-order valence-corrected chi connectivity index (χ0v) is 12.4. The van der Waals surface area contributed by atoms with E-state index in [0.717, 1.165) is 5.56 Å². The summed E-state index contributed by atoms with van der Waals surface area (Å²) in [4.78, 5) is 13.6. The highest BCUT2D eigenvalue weighted by Crippen LogP contribution is 2.48. The van der Waals surface area contributed by atoms with Crippen LogP contribution in [0, 0.1) is 0 Å². The predicted octanol–water partition coefficient (Wildman–Crippen LogP) is 3.24. The van der Waals surface area contributed by atoms with E-state index in [4.69, 9.17) is 4.74 Å². The van der Waals surface area contributed by atoms with Crippen molar-refractivity contribution in [2.45, 2.75) is 56.2 Å². The molecule has 23 heavy (non-hydrogen) atoms. The van der Waals surface area contributed by atoms with Crippen LogP contribution < -0.4 is 0 Å². The van der Waals surface area contributed by atoms with Gasteiger partial charge in [-0.25, -0.2) is 4.79 Å². The molecule has 0 saturated carbocycles. The minimum absolute atomic E-state index is 0.0825. The smallest absolute Gasteiger partial charge is 0.417 e. The molecule has 1 N–H and O–H groups in total. The summed E-state index contributed by atoms with van der Waals surface area (Å²) in [7, 11) is 0. The Morgan fingerprint density at radius 2 is 1.78 bits per heavy atom. The molecule has 7 heteroatoms. The topological polar surface area (TPSA) is 49.8 Å². The van der Waals surface area contributed by atoms with Gasteiger partial charge in [0, 0.05) is 24.9 Å². The van der Waals surface area contributed by atoms with Crippen LogP contribution in [0.25, 0.3) is 0 Å². The van der Waals surface area contributed by atoms with Crippen LogP contribution in [0.2, 0.25) is 0 Å². The number of amides is 1. The van der Waals surface area contributed by atoms with Gasteiger partial charge in [-0.2, -0.15) is 13.2 Å². The highest BCUT2D eigenvalue weighted by molar-refractivity contribution is 5.69. The molecule has 0 spiro atoms. The first-order valence-corrected chi connectivity index (χ1v) is 7.58. The number of halogens is 3. The van der Waals surface area contributed by atoms with E-state index in [0.29, 0.717) is 12.8 Å². The second kappa shape index (κ2) is 5.70. The Bertz CT molecular complexity index is 562. The summed E-state index contributed by atoms with van der Waals surface area (Å²) in [6.45, 7) is 0.0825. The molecule has 1 aromatic rings. The van der Waals surface area contributed by atoms with Gasteiger partial charge in [-0.1, -0.05) is 30.3 Å². The van der Waals surface area contributed by atoms with Crippen molar-refractivity contribution >= 4 is 6.09 Å². The Kier molecular flexibility index (Phi) is 4.00. The van der Waals surface area contributed by atoms with Crippen LogP contribution >= 0.6 is 0 Å². The average Bonchev–Trinajstić information content (AvgIpc) is 2.77. The molecule has 2 aliphatic heterocycles. The number of alkyl halides is 3. The average molecular weight is 329 g/mol. The molecule has 2 aliphatic rings. The monoisotopic (exact) mass is 329 g/mol. The molecule has 0 aliphatic carbocycles. The largest absolute Gasteiger partial charge is 0.445 e. The summed E-state index contributed by atoms with van der Waals surface area (Å²) < 4.78 is 44.3. The molecule has 3 atom stereocenters. The number of piperidine rings is 1. The molecule has 3 rings (SSSR count). The summed E-state index contributed by atoms with van der Waals surface area (Å²) in [5.74, 6) is 0. The Hall–Kier alpha value is -1.76. The second-order valence-electron chi connectivity index (χ2n) is 6.27. The lowest BCUT2D eigenvalue weighted by molar-refractivity contribution is -0.277. The normalized spacial score (nSPS) is 30.3. The van der Waals surface area contributed by atoms with E-state index >= 15 is 0 Å². The summed E-state index contributed by atoms with van der Waals surface area (Å²) in [6, 6.07) is 7.84. The van der Waals surface area contributed by atoms with Crippen molar-refractivity contribution in [1.82, 2.24) is 4.90 Å². The molecule has 0 aromatic heterocycles. The van der Waals surface area contributed by atoms with Gasteiger partial charge in [0.05, 0.1) is 0 Å². The van der Waals surface area contributed by atoms with Gasteiger partial charge >= 0.3 is 12.3 Å². The highest BCUT2D eigenvalue weighted by atomic mass is 19.4. The van der Waals surface area contributed by atoms with Crippen molar-refractivity contribution in [3.8, 4) is 0 Å². The van der Waals surface area contributed by atoms with Crippen LogP contribution in [0.4, 0.5) is 18.0 Å². The lowest BCUT2D eigenvalue weighted by atomic mass is 9.86. The van der Waals surface area contributed by atoms with Crippen molar-refractivity contribution in [2.24, 2.45) is 0 Å². The van der Waals surface area contributed by atoms with Crippen molar-refractivity contribution in [2.75, 3.05) is 0 Å². The third kappa shape index (κ3) is 3.02. The Labute approximate surface area is 131 Å². The fraction of sp³-hybridized carbons (Fsp3) is 0.562. The summed E-state index contributed by atoms with van der Waals surface area (Å²) in [5.41, 5.74) is -1.88. The Morgan fingerprint density at radius 1 is 1.22 bits per heavy atom. The third-order valence-corrected chi connectivity index (χ3v) is 4.71. The van der Waals surface area contributed by atoms with Crippen molar-refractivity contribution < 1.29 is 27.8 Å². The summed E-state index contributed by atoms with van der Waals surface area (Å²) in [6.07, 6.45) is -5.31. The lowest BCUT2D eigenvalue weighted by Gasteiger charge is -2.43.